The number of nitrogens with zero attached hydrogens (tertiary/aromatic N) is 3. The number of hydrogen-bond donors (Lipinski definition) is 0. The third kappa shape index (κ3) is 3.45. The van der Waals surface area contributed by atoms with E-state index in [1.807, 2.05) is 13.8 Å². The molecule has 5 nitrogen and oxygen atoms in total. The van der Waals surface area contributed by atoms with Crippen LogP contribution in [0.2, 0.25) is 0 Å². The number of esters is 1. The molecule has 1 aromatic rings. The van der Waals surface area contributed by atoms with E-state index in [1.165, 1.54) is 11.3 Å². The molecule has 6 heteroatoms. The predicted octanol–water partition coefficient (Wildman–Crippen LogP) is 1.77. The third-order valence-electron chi connectivity index (χ3n) is 3.24. The quantitative estimate of drug-likeness (QED) is 0.791. The summed E-state index contributed by atoms with van der Waals surface area (Å²) in [5, 5.41) is 0.941. The first kappa shape index (κ1) is 14.3. The van der Waals surface area contributed by atoms with Gasteiger partial charge in [0.15, 0.2) is 5.13 Å². The Hall–Kier alpha value is -1.14. The monoisotopic (exact) mass is 283 g/mol. The summed E-state index contributed by atoms with van der Waals surface area (Å²) in [6.07, 6.45) is 1.13. The second kappa shape index (κ2) is 6.34. The van der Waals surface area contributed by atoms with Gasteiger partial charge in [-0.1, -0.05) is 11.3 Å². The molecule has 0 N–H and O–H groups in total. The van der Waals surface area contributed by atoms with Crippen molar-refractivity contribution in [2.24, 2.45) is 0 Å². The van der Waals surface area contributed by atoms with Crippen molar-refractivity contribution >= 4 is 22.4 Å². The minimum Gasteiger partial charge on any atom is -0.462 e. The topological polar surface area (TPSA) is 45.7 Å². The zero-order valence-corrected chi connectivity index (χ0v) is 12.6. The van der Waals surface area contributed by atoms with Crippen LogP contribution in [0.25, 0.3) is 0 Å². The van der Waals surface area contributed by atoms with Gasteiger partial charge in [0.2, 0.25) is 0 Å². The highest BCUT2D eigenvalue weighted by molar-refractivity contribution is 7.17. The number of hydrogen-bond acceptors (Lipinski definition) is 6. The predicted molar refractivity (Wildman–Crippen MR) is 77.1 cm³/mol. The lowest BCUT2D eigenvalue weighted by molar-refractivity contribution is 0.0531. The smallest absolute Gasteiger partial charge is 0.350 e. The van der Waals surface area contributed by atoms with Crippen LogP contribution in [0.15, 0.2) is 0 Å². The largest absolute Gasteiger partial charge is 0.462 e. The van der Waals surface area contributed by atoms with Crippen LogP contribution in [-0.2, 0) is 4.74 Å². The van der Waals surface area contributed by atoms with E-state index in [2.05, 4.69) is 21.8 Å². The van der Waals surface area contributed by atoms with Gasteiger partial charge in [0.1, 0.15) is 4.88 Å². The molecule has 1 aromatic heterocycles. The van der Waals surface area contributed by atoms with E-state index in [0.29, 0.717) is 11.5 Å². The summed E-state index contributed by atoms with van der Waals surface area (Å²) in [6.45, 7) is 8.21. The van der Waals surface area contributed by atoms with E-state index in [-0.39, 0.29) is 5.97 Å². The number of thiazole rings is 1. The number of anilines is 1. The highest BCUT2D eigenvalue weighted by Gasteiger charge is 2.21. The molecule has 0 saturated carbocycles. The first-order chi connectivity index (χ1) is 9.11. The Labute approximate surface area is 118 Å². The van der Waals surface area contributed by atoms with Crippen LogP contribution in [0.3, 0.4) is 0 Å². The summed E-state index contributed by atoms with van der Waals surface area (Å²) in [7, 11) is 2.14. The zero-order chi connectivity index (χ0) is 13.8. The van der Waals surface area contributed by atoms with Crippen LogP contribution in [0.4, 0.5) is 5.13 Å². The average Bonchev–Trinajstić information content (AvgIpc) is 2.62. The van der Waals surface area contributed by atoms with E-state index in [4.69, 9.17) is 4.74 Å². The Morgan fingerprint density at radius 3 is 2.89 bits per heavy atom. The van der Waals surface area contributed by atoms with Crippen molar-refractivity contribution in [3.63, 3.8) is 0 Å². The minimum absolute atomic E-state index is 0.254. The fourth-order valence-corrected chi connectivity index (χ4v) is 3.15. The molecule has 0 spiro atoms. The highest BCUT2D eigenvalue weighted by atomic mass is 32.1. The van der Waals surface area contributed by atoms with Gasteiger partial charge < -0.3 is 14.5 Å². The van der Waals surface area contributed by atoms with Gasteiger partial charge in [-0.05, 0) is 33.9 Å². The molecule has 0 amide bonds. The summed E-state index contributed by atoms with van der Waals surface area (Å²) < 4.78 is 5.06. The molecule has 19 heavy (non-hydrogen) atoms. The molecule has 1 saturated heterocycles. The third-order valence-corrected chi connectivity index (χ3v) is 4.43. The van der Waals surface area contributed by atoms with E-state index in [9.17, 15) is 4.79 Å². The number of aryl methyl sites for hydroxylation is 1. The van der Waals surface area contributed by atoms with Crippen LogP contribution in [0.5, 0.6) is 0 Å². The molecular weight excluding hydrogens is 262 g/mol. The van der Waals surface area contributed by atoms with E-state index in [1.54, 1.807) is 0 Å². The zero-order valence-electron chi connectivity index (χ0n) is 11.8. The number of carbonyl (C=O) groups is 1. The summed E-state index contributed by atoms with van der Waals surface area (Å²) >= 11 is 1.45. The number of rotatable bonds is 3. The van der Waals surface area contributed by atoms with Crippen LogP contribution in [-0.4, -0.2) is 55.7 Å². The lowest BCUT2D eigenvalue weighted by atomic mass is 10.4. The molecule has 2 heterocycles. The van der Waals surface area contributed by atoms with Crippen molar-refractivity contribution in [2.45, 2.75) is 20.3 Å². The van der Waals surface area contributed by atoms with Crippen molar-refractivity contribution in [1.82, 2.24) is 9.88 Å². The first-order valence-electron chi connectivity index (χ1n) is 6.70. The Balaban J connectivity index is 2.12. The van der Waals surface area contributed by atoms with Gasteiger partial charge >= 0.3 is 5.97 Å². The molecule has 2 rings (SSSR count). The number of aromatic nitrogens is 1. The van der Waals surface area contributed by atoms with E-state index < -0.39 is 0 Å². The van der Waals surface area contributed by atoms with Crippen LogP contribution >= 0.6 is 11.3 Å². The summed E-state index contributed by atoms with van der Waals surface area (Å²) in [5.41, 5.74) is 0.774. The Morgan fingerprint density at radius 1 is 1.37 bits per heavy atom. The van der Waals surface area contributed by atoms with E-state index >= 15 is 0 Å². The fourth-order valence-electron chi connectivity index (χ4n) is 2.14. The van der Waals surface area contributed by atoms with Gasteiger partial charge in [-0.3, -0.25) is 0 Å². The van der Waals surface area contributed by atoms with Crippen molar-refractivity contribution in [3.05, 3.63) is 10.6 Å². The maximum atomic E-state index is 11.8. The normalized spacial score (nSPS) is 17.3. The summed E-state index contributed by atoms with van der Waals surface area (Å²) in [6, 6.07) is 0. The highest BCUT2D eigenvalue weighted by Crippen LogP contribution is 2.27. The molecule has 106 valence electrons. The lowest BCUT2D eigenvalue weighted by Crippen LogP contribution is -2.28. The molecule has 0 radical (unpaired) electrons. The molecule has 0 aromatic carbocycles. The minimum atomic E-state index is -0.254. The number of ether oxygens (including phenoxy) is 1. The molecular formula is C13H21N3O2S. The van der Waals surface area contributed by atoms with Crippen LogP contribution in [0, 0.1) is 6.92 Å². The van der Waals surface area contributed by atoms with Gasteiger partial charge in [-0.2, -0.15) is 0 Å². The van der Waals surface area contributed by atoms with Crippen LogP contribution < -0.4 is 4.90 Å². The maximum absolute atomic E-state index is 11.8. The Morgan fingerprint density at radius 2 is 2.16 bits per heavy atom. The number of likely N-dealkylation sites (N-methyl/N-ethyl adjacent to an activating group) is 1. The molecule has 1 aliphatic heterocycles. The van der Waals surface area contributed by atoms with Gasteiger partial charge in [0.25, 0.3) is 0 Å². The second-order valence-corrected chi connectivity index (χ2v) is 5.75. The van der Waals surface area contributed by atoms with Crippen molar-refractivity contribution in [3.8, 4) is 0 Å². The average molecular weight is 283 g/mol. The lowest BCUT2D eigenvalue weighted by Gasteiger charge is -2.19. The Bertz CT molecular complexity index is 447. The standard InChI is InChI=1S/C13H21N3O2S/c1-4-18-12(17)11-10(2)14-13(19-11)16-7-5-6-15(3)8-9-16/h4-9H2,1-3H3. The summed E-state index contributed by atoms with van der Waals surface area (Å²) in [5.74, 6) is -0.254. The summed E-state index contributed by atoms with van der Waals surface area (Å²) in [4.78, 5) is 21.6. The SMILES string of the molecule is CCOC(=O)c1sc(N2CCCN(C)CC2)nc1C. The Kier molecular flexibility index (Phi) is 4.76. The second-order valence-electron chi connectivity index (χ2n) is 4.78. The molecule has 0 unspecified atom stereocenters. The van der Waals surface area contributed by atoms with Crippen molar-refractivity contribution in [1.29, 1.82) is 0 Å². The van der Waals surface area contributed by atoms with Gasteiger partial charge in [-0.15, -0.1) is 0 Å². The maximum Gasteiger partial charge on any atom is 0.350 e. The van der Waals surface area contributed by atoms with Crippen molar-refractivity contribution < 1.29 is 9.53 Å². The van der Waals surface area contributed by atoms with Gasteiger partial charge in [0.05, 0.1) is 12.3 Å². The number of carbonyl (C=O) groups excluding carboxylic acids is 1. The molecule has 1 fully saturated rings. The first-order valence-corrected chi connectivity index (χ1v) is 7.51. The molecule has 0 atom stereocenters. The molecule has 0 aliphatic carbocycles. The van der Waals surface area contributed by atoms with Gasteiger partial charge in [0, 0.05) is 19.6 Å². The molecule has 0 bridgehead atoms. The fraction of sp³-hybridized carbons (Fsp3) is 0.692. The van der Waals surface area contributed by atoms with Crippen LogP contribution in [0.1, 0.15) is 28.7 Å². The van der Waals surface area contributed by atoms with E-state index in [0.717, 1.165) is 43.4 Å². The molecule has 1 aliphatic rings. The van der Waals surface area contributed by atoms with Gasteiger partial charge in [-0.25, -0.2) is 9.78 Å². The van der Waals surface area contributed by atoms with Crippen molar-refractivity contribution in [2.75, 3.05) is 44.7 Å².